The summed E-state index contributed by atoms with van der Waals surface area (Å²) in [7, 11) is 0. The highest BCUT2D eigenvalue weighted by Gasteiger charge is 2.20. The molecule has 0 saturated carbocycles. The molecule has 1 aromatic heterocycles. The number of guanidine groups is 1. The van der Waals surface area contributed by atoms with Crippen LogP contribution in [0.15, 0.2) is 9.52 Å². The van der Waals surface area contributed by atoms with Gasteiger partial charge in [-0.2, -0.15) is 4.98 Å². The van der Waals surface area contributed by atoms with Crippen LogP contribution in [0.5, 0.6) is 0 Å². The lowest BCUT2D eigenvalue weighted by Gasteiger charge is -2.36. The molecule has 0 unspecified atom stereocenters. The lowest BCUT2D eigenvalue weighted by molar-refractivity contribution is -0.130. The molecule has 0 atom stereocenters. The second-order valence-corrected chi connectivity index (χ2v) is 5.44. The minimum Gasteiger partial charge on any atom is -0.357 e. The van der Waals surface area contributed by atoms with E-state index >= 15 is 0 Å². The van der Waals surface area contributed by atoms with Gasteiger partial charge in [0.05, 0.1) is 0 Å². The van der Waals surface area contributed by atoms with E-state index in [1.54, 1.807) is 6.92 Å². The normalized spacial score (nSPS) is 15.2. The number of hydrogen-bond acceptors (Lipinski definition) is 5. The SMILES string of the molecule is CCNC(=NCCc1noc(CC)n1)N1CCN(C(C)=O)CC1.I. The number of rotatable bonds is 5. The summed E-state index contributed by atoms with van der Waals surface area (Å²) in [5.74, 6) is 2.38. The highest BCUT2D eigenvalue weighted by Crippen LogP contribution is 2.04. The van der Waals surface area contributed by atoms with E-state index in [1.165, 1.54) is 0 Å². The third-order valence-electron chi connectivity index (χ3n) is 3.77. The molecule has 1 amide bonds. The zero-order valence-electron chi connectivity index (χ0n) is 14.6. The number of piperazine rings is 1. The van der Waals surface area contributed by atoms with E-state index in [1.807, 2.05) is 18.7 Å². The predicted molar refractivity (Wildman–Crippen MR) is 103 cm³/mol. The van der Waals surface area contributed by atoms with Crippen LogP contribution in [-0.4, -0.2) is 71.1 Å². The summed E-state index contributed by atoms with van der Waals surface area (Å²) in [6, 6.07) is 0. The van der Waals surface area contributed by atoms with E-state index < -0.39 is 0 Å². The fraction of sp³-hybridized carbons (Fsp3) is 0.733. The van der Waals surface area contributed by atoms with Gasteiger partial charge in [-0.05, 0) is 6.92 Å². The highest BCUT2D eigenvalue weighted by molar-refractivity contribution is 14.0. The molecule has 24 heavy (non-hydrogen) atoms. The summed E-state index contributed by atoms with van der Waals surface area (Å²) < 4.78 is 5.10. The van der Waals surface area contributed by atoms with Crippen molar-refractivity contribution in [3.63, 3.8) is 0 Å². The van der Waals surface area contributed by atoms with Gasteiger partial charge in [-0.25, -0.2) is 0 Å². The third-order valence-corrected chi connectivity index (χ3v) is 3.77. The molecule has 2 rings (SSSR count). The Morgan fingerprint density at radius 1 is 1.25 bits per heavy atom. The number of aromatic nitrogens is 2. The first-order valence-corrected chi connectivity index (χ1v) is 8.24. The topological polar surface area (TPSA) is 86.9 Å². The van der Waals surface area contributed by atoms with Crippen molar-refractivity contribution in [1.82, 2.24) is 25.3 Å². The van der Waals surface area contributed by atoms with Crippen LogP contribution < -0.4 is 5.32 Å². The number of aryl methyl sites for hydroxylation is 1. The molecule has 1 fully saturated rings. The van der Waals surface area contributed by atoms with Crippen LogP contribution in [0.2, 0.25) is 0 Å². The molecule has 1 saturated heterocycles. The quantitative estimate of drug-likeness (QED) is 0.408. The van der Waals surface area contributed by atoms with E-state index in [0.717, 1.165) is 45.1 Å². The minimum atomic E-state index is 0. The van der Waals surface area contributed by atoms with Gasteiger partial charge in [0.15, 0.2) is 11.8 Å². The second kappa shape index (κ2) is 10.5. The third kappa shape index (κ3) is 5.91. The number of hydrogen-bond donors (Lipinski definition) is 1. The number of nitrogens with one attached hydrogen (secondary N) is 1. The van der Waals surface area contributed by atoms with Crippen molar-refractivity contribution in [3.8, 4) is 0 Å². The van der Waals surface area contributed by atoms with Gasteiger partial charge in [0.1, 0.15) is 0 Å². The van der Waals surface area contributed by atoms with Gasteiger partial charge >= 0.3 is 0 Å². The average molecular weight is 450 g/mol. The molecule has 0 aliphatic carbocycles. The smallest absolute Gasteiger partial charge is 0.226 e. The predicted octanol–water partition coefficient (Wildman–Crippen LogP) is 0.922. The van der Waals surface area contributed by atoms with Crippen LogP contribution in [0, 0.1) is 0 Å². The van der Waals surface area contributed by atoms with Crippen molar-refractivity contribution in [2.45, 2.75) is 33.6 Å². The summed E-state index contributed by atoms with van der Waals surface area (Å²) >= 11 is 0. The van der Waals surface area contributed by atoms with Gasteiger partial charge in [-0.15, -0.1) is 24.0 Å². The van der Waals surface area contributed by atoms with Crippen LogP contribution in [0.1, 0.15) is 32.5 Å². The summed E-state index contributed by atoms with van der Waals surface area (Å²) in [4.78, 5) is 24.4. The second-order valence-electron chi connectivity index (χ2n) is 5.44. The zero-order chi connectivity index (χ0) is 16.7. The van der Waals surface area contributed by atoms with E-state index in [2.05, 4.69) is 25.3 Å². The zero-order valence-corrected chi connectivity index (χ0v) is 16.9. The Morgan fingerprint density at radius 2 is 1.92 bits per heavy atom. The largest absolute Gasteiger partial charge is 0.357 e. The van der Waals surface area contributed by atoms with Crippen molar-refractivity contribution in [1.29, 1.82) is 0 Å². The van der Waals surface area contributed by atoms with Gasteiger partial charge in [-0.1, -0.05) is 12.1 Å². The van der Waals surface area contributed by atoms with Crippen LogP contribution in [0.3, 0.4) is 0 Å². The Labute approximate surface area is 160 Å². The molecule has 1 aliphatic rings. The fourth-order valence-corrected chi connectivity index (χ4v) is 2.46. The Bertz CT molecular complexity index is 540. The molecule has 1 N–H and O–H groups in total. The van der Waals surface area contributed by atoms with E-state index in [0.29, 0.717) is 24.7 Å². The Balaban J connectivity index is 0.00000288. The Hall–Kier alpha value is -1.39. The van der Waals surface area contributed by atoms with Gasteiger partial charge in [0.2, 0.25) is 11.8 Å². The Morgan fingerprint density at radius 3 is 2.46 bits per heavy atom. The van der Waals surface area contributed by atoms with Crippen molar-refractivity contribution in [2.24, 2.45) is 4.99 Å². The molecular formula is C15H27IN6O2. The highest BCUT2D eigenvalue weighted by atomic mass is 127. The van der Waals surface area contributed by atoms with Gasteiger partial charge in [0.25, 0.3) is 0 Å². The molecule has 1 aromatic rings. The van der Waals surface area contributed by atoms with Crippen LogP contribution in [0.25, 0.3) is 0 Å². The maximum absolute atomic E-state index is 11.4. The molecule has 0 spiro atoms. The van der Waals surface area contributed by atoms with E-state index in [-0.39, 0.29) is 29.9 Å². The monoisotopic (exact) mass is 450 g/mol. The lowest BCUT2D eigenvalue weighted by Crippen LogP contribution is -2.53. The number of carbonyl (C=O) groups is 1. The van der Waals surface area contributed by atoms with Gasteiger partial charge in [0, 0.05) is 59.0 Å². The van der Waals surface area contributed by atoms with Gasteiger partial charge in [-0.3, -0.25) is 9.79 Å². The molecule has 8 nitrogen and oxygen atoms in total. The summed E-state index contributed by atoms with van der Waals surface area (Å²) in [6.45, 7) is 10.2. The van der Waals surface area contributed by atoms with Crippen molar-refractivity contribution in [2.75, 3.05) is 39.3 Å². The van der Waals surface area contributed by atoms with E-state index in [4.69, 9.17) is 4.52 Å². The number of carbonyl (C=O) groups excluding carboxylic acids is 1. The van der Waals surface area contributed by atoms with Gasteiger partial charge < -0.3 is 19.6 Å². The summed E-state index contributed by atoms with van der Waals surface area (Å²) in [6.07, 6.45) is 1.41. The number of aliphatic imine (C=N–C) groups is 1. The minimum absolute atomic E-state index is 0. The standard InChI is InChI=1S/C15H26N6O2.HI/c1-4-14-18-13(19-23-14)6-7-17-15(16-5-2)21-10-8-20(9-11-21)12(3)22;/h4-11H2,1-3H3,(H,16,17);1H. The van der Waals surface area contributed by atoms with E-state index in [9.17, 15) is 4.79 Å². The molecule has 2 heterocycles. The molecule has 0 bridgehead atoms. The molecular weight excluding hydrogens is 423 g/mol. The van der Waals surface area contributed by atoms with Crippen molar-refractivity contribution >= 4 is 35.8 Å². The molecule has 9 heteroatoms. The molecule has 1 aliphatic heterocycles. The Kier molecular flexibility index (Phi) is 9.01. The van der Waals surface area contributed by atoms with Crippen LogP contribution in [-0.2, 0) is 17.6 Å². The summed E-state index contributed by atoms with van der Waals surface area (Å²) in [5, 5.41) is 7.25. The molecule has 0 radical (unpaired) electrons. The first-order valence-electron chi connectivity index (χ1n) is 8.24. The maximum atomic E-state index is 11.4. The number of amides is 1. The lowest BCUT2D eigenvalue weighted by atomic mass is 10.3. The summed E-state index contributed by atoms with van der Waals surface area (Å²) in [5.41, 5.74) is 0. The fourth-order valence-electron chi connectivity index (χ4n) is 2.46. The van der Waals surface area contributed by atoms with Crippen LogP contribution >= 0.6 is 24.0 Å². The number of halogens is 1. The van der Waals surface area contributed by atoms with Crippen molar-refractivity contribution in [3.05, 3.63) is 11.7 Å². The maximum Gasteiger partial charge on any atom is 0.226 e. The van der Waals surface area contributed by atoms with Crippen LogP contribution in [0.4, 0.5) is 0 Å². The first kappa shape index (κ1) is 20.7. The molecule has 136 valence electrons. The molecule has 0 aromatic carbocycles. The first-order chi connectivity index (χ1) is 11.1. The average Bonchev–Trinajstić information content (AvgIpc) is 3.02. The number of nitrogens with zero attached hydrogens (tertiary/aromatic N) is 5. The van der Waals surface area contributed by atoms with Crippen molar-refractivity contribution < 1.29 is 9.32 Å².